The van der Waals surface area contributed by atoms with Crippen LogP contribution < -0.4 is 14.2 Å². The van der Waals surface area contributed by atoms with Crippen molar-refractivity contribution in [3.05, 3.63) is 30.7 Å². The zero-order chi connectivity index (χ0) is 14.8. The van der Waals surface area contributed by atoms with Gasteiger partial charge >= 0.3 is 0 Å². The third kappa shape index (κ3) is 2.05. The lowest BCUT2D eigenvalue weighted by Gasteiger charge is -2.15. The van der Waals surface area contributed by atoms with Gasteiger partial charge in [0, 0.05) is 17.1 Å². The number of fused-ring (bicyclic) bond motifs is 1. The van der Waals surface area contributed by atoms with Gasteiger partial charge in [-0.2, -0.15) is 0 Å². The average Bonchev–Trinajstić information content (AvgIpc) is 3.01. The molecule has 0 spiro atoms. The predicted molar refractivity (Wildman–Crippen MR) is 79.0 cm³/mol. The maximum Gasteiger partial charge on any atom is 0.203 e. The number of hydrogen-bond acceptors (Lipinski definition) is 5. The fourth-order valence-corrected chi connectivity index (χ4v) is 2.37. The quantitative estimate of drug-likeness (QED) is 0.798. The van der Waals surface area contributed by atoms with E-state index in [1.807, 2.05) is 24.4 Å². The third-order valence-electron chi connectivity index (χ3n) is 3.31. The van der Waals surface area contributed by atoms with Crippen molar-refractivity contribution in [3.8, 4) is 28.5 Å². The number of aromatic amines is 1. The van der Waals surface area contributed by atoms with Crippen LogP contribution in [0.4, 0.5) is 0 Å². The van der Waals surface area contributed by atoms with E-state index in [0.717, 1.165) is 22.3 Å². The van der Waals surface area contributed by atoms with Crippen LogP contribution in [0.2, 0.25) is 0 Å². The van der Waals surface area contributed by atoms with E-state index in [0.29, 0.717) is 17.2 Å². The summed E-state index contributed by atoms with van der Waals surface area (Å²) in [4.78, 5) is 11.6. The zero-order valence-electron chi connectivity index (χ0n) is 12.0. The van der Waals surface area contributed by atoms with Gasteiger partial charge in [-0.1, -0.05) is 0 Å². The lowest BCUT2D eigenvalue weighted by molar-refractivity contribution is 0.325. The number of benzene rings is 1. The lowest BCUT2D eigenvalue weighted by Crippen LogP contribution is -1.98. The molecular weight excluding hydrogens is 270 g/mol. The molecule has 1 N–H and O–H groups in total. The molecule has 0 atom stereocenters. The van der Waals surface area contributed by atoms with Crippen LogP contribution in [0.1, 0.15) is 0 Å². The van der Waals surface area contributed by atoms with Crippen molar-refractivity contribution in [2.45, 2.75) is 0 Å². The second kappa shape index (κ2) is 5.32. The van der Waals surface area contributed by atoms with E-state index in [2.05, 4.69) is 15.0 Å². The SMILES string of the molecule is COc1ccc(-c2ncnc3[nH]ccc23)c(OC)c1OC. The summed E-state index contributed by atoms with van der Waals surface area (Å²) in [6.45, 7) is 0. The lowest BCUT2D eigenvalue weighted by atomic mass is 10.1. The maximum absolute atomic E-state index is 5.51. The minimum atomic E-state index is 0.541. The van der Waals surface area contributed by atoms with Gasteiger partial charge in [0.25, 0.3) is 0 Å². The normalized spacial score (nSPS) is 10.6. The topological polar surface area (TPSA) is 69.3 Å². The molecule has 6 nitrogen and oxygen atoms in total. The van der Waals surface area contributed by atoms with Crippen LogP contribution in [-0.4, -0.2) is 36.3 Å². The Morgan fingerprint density at radius 1 is 0.905 bits per heavy atom. The summed E-state index contributed by atoms with van der Waals surface area (Å²) < 4.78 is 16.2. The van der Waals surface area contributed by atoms with Crippen LogP contribution in [0.3, 0.4) is 0 Å². The first-order valence-electron chi connectivity index (χ1n) is 6.37. The van der Waals surface area contributed by atoms with Crippen LogP contribution >= 0.6 is 0 Å². The van der Waals surface area contributed by atoms with Crippen molar-refractivity contribution in [3.63, 3.8) is 0 Å². The number of nitrogens with zero attached hydrogens (tertiary/aromatic N) is 2. The molecule has 21 heavy (non-hydrogen) atoms. The summed E-state index contributed by atoms with van der Waals surface area (Å²) in [7, 11) is 4.76. The molecule has 3 rings (SSSR count). The van der Waals surface area contributed by atoms with Gasteiger partial charge < -0.3 is 19.2 Å². The van der Waals surface area contributed by atoms with Gasteiger partial charge in [-0.3, -0.25) is 0 Å². The molecule has 0 amide bonds. The fourth-order valence-electron chi connectivity index (χ4n) is 2.37. The Kier molecular flexibility index (Phi) is 3.35. The van der Waals surface area contributed by atoms with E-state index >= 15 is 0 Å². The second-order valence-electron chi connectivity index (χ2n) is 4.34. The molecule has 0 radical (unpaired) electrons. The van der Waals surface area contributed by atoms with Gasteiger partial charge in [0.05, 0.1) is 27.0 Å². The van der Waals surface area contributed by atoms with Crippen LogP contribution in [0.25, 0.3) is 22.3 Å². The van der Waals surface area contributed by atoms with Gasteiger partial charge in [0.15, 0.2) is 11.5 Å². The smallest absolute Gasteiger partial charge is 0.203 e. The number of methoxy groups -OCH3 is 3. The Labute approximate surface area is 121 Å². The molecule has 3 aromatic rings. The van der Waals surface area contributed by atoms with Gasteiger partial charge in [0.1, 0.15) is 12.0 Å². The van der Waals surface area contributed by atoms with Crippen molar-refractivity contribution in [2.75, 3.05) is 21.3 Å². The number of rotatable bonds is 4. The maximum atomic E-state index is 5.51. The molecule has 1 aromatic carbocycles. The minimum Gasteiger partial charge on any atom is -0.493 e. The van der Waals surface area contributed by atoms with Crippen LogP contribution in [-0.2, 0) is 0 Å². The highest BCUT2D eigenvalue weighted by atomic mass is 16.5. The molecule has 2 aromatic heterocycles. The Morgan fingerprint density at radius 2 is 1.71 bits per heavy atom. The molecular formula is C15H15N3O3. The van der Waals surface area contributed by atoms with Gasteiger partial charge in [-0.05, 0) is 18.2 Å². The Morgan fingerprint density at radius 3 is 2.43 bits per heavy atom. The Bertz CT molecular complexity index is 783. The van der Waals surface area contributed by atoms with Crippen LogP contribution in [0.15, 0.2) is 30.7 Å². The molecule has 2 heterocycles. The fraction of sp³-hybridized carbons (Fsp3) is 0.200. The molecule has 0 aliphatic carbocycles. The van der Waals surface area contributed by atoms with E-state index in [9.17, 15) is 0 Å². The summed E-state index contributed by atoms with van der Waals surface area (Å²) in [5.74, 6) is 1.73. The minimum absolute atomic E-state index is 0.541. The van der Waals surface area contributed by atoms with Gasteiger partial charge in [-0.15, -0.1) is 0 Å². The molecule has 0 saturated carbocycles. The first-order chi connectivity index (χ1) is 10.3. The summed E-state index contributed by atoms with van der Waals surface area (Å²) in [6, 6.07) is 5.66. The Balaban J connectivity index is 2.30. The standard InChI is InChI=1S/C15H15N3O3/c1-19-11-5-4-9(13(20-2)14(11)21-3)12-10-6-7-16-15(10)18-8-17-12/h4-8H,1-3H3,(H,16,17,18). The number of hydrogen-bond donors (Lipinski definition) is 1. The number of ether oxygens (including phenoxy) is 3. The van der Waals surface area contributed by atoms with Gasteiger partial charge in [0.2, 0.25) is 5.75 Å². The molecule has 0 unspecified atom stereocenters. The van der Waals surface area contributed by atoms with Crippen LogP contribution in [0.5, 0.6) is 17.2 Å². The van der Waals surface area contributed by atoms with Crippen molar-refractivity contribution in [2.24, 2.45) is 0 Å². The summed E-state index contributed by atoms with van der Waals surface area (Å²) >= 11 is 0. The summed E-state index contributed by atoms with van der Waals surface area (Å²) in [5, 5.41) is 0.919. The first kappa shape index (κ1) is 13.2. The van der Waals surface area contributed by atoms with E-state index < -0.39 is 0 Å². The molecule has 0 aliphatic heterocycles. The summed E-state index contributed by atoms with van der Waals surface area (Å²) in [5.41, 5.74) is 2.37. The van der Waals surface area contributed by atoms with E-state index in [1.165, 1.54) is 6.33 Å². The average molecular weight is 285 g/mol. The third-order valence-corrected chi connectivity index (χ3v) is 3.31. The molecule has 6 heteroatoms. The predicted octanol–water partition coefficient (Wildman–Crippen LogP) is 2.65. The zero-order valence-corrected chi connectivity index (χ0v) is 12.0. The molecule has 0 aliphatic rings. The van der Waals surface area contributed by atoms with Crippen molar-refractivity contribution in [1.29, 1.82) is 0 Å². The number of aromatic nitrogens is 3. The summed E-state index contributed by atoms with van der Waals surface area (Å²) in [6.07, 6.45) is 3.35. The Hall–Kier alpha value is -2.76. The van der Waals surface area contributed by atoms with Crippen molar-refractivity contribution < 1.29 is 14.2 Å². The molecule has 0 bridgehead atoms. The highest BCUT2D eigenvalue weighted by molar-refractivity contribution is 5.93. The molecule has 108 valence electrons. The number of nitrogens with one attached hydrogen (secondary N) is 1. The van der Waals surface area contributed by atoms with E-state index in [4.69, 9.17) is 14.2 Å². The first-order valence-corrected chi connectivity index (χ1v) is 6.37. The highest BCUT2D eigenvalue weighted by Crippen LogP contribution is 2.44. The highest BCUT2D eigenvalue weighted by Gasteiger charge is 2.19. The van der Waals surface area contributed by atoms with E-state index in [1.54, 1.807) is 21.3 Å². The largest absolute Gasteiger partial charge is 0.493 e. The van der Waals surface area contributed by atoms with Crippen LogP contribution in [0, 0.1) is 0 Å². The van der Waals surface area contributed by atoms with E-state index in [-0.39, 0.29) is 0 Å². The molecule has 0 saturated heterocycles. The second-order valence-corrected chi connectivity index (χ2v) is 4.34. The number of H-pyrrole nitrogens is 1. The van der Waals surface area contributed by atoms with Crippen molar-refractivity contribution in [1.82, 2.24) is 15.0 Å². The monoisotopic (exact) mass is 285 g/mol. The van der Waals surface area contributed by atoms with Gasteiger partial charge in [-0.25, -0.2) is 9.97 Å². The molecule has 0 fully saturated rings. The van der Waals surface area contributed by atoms with Crippen molar-refractivity contribution >= 4 is 11.0 Å².